The lowest BCUT2D eigenvalue weighted by Crippen LogP contribution is -2.23. The molecule has 2 aromatic carbocycles. The molecule has 0 saturated heterocycles. The fourth-order valence-electron chi connectivity index (χ4n) is 3.63. The van der Waals surface area contributed by atoms with Crippen LogP contribution in [0, 0.1) is 0 Å². The van der Waals surface area contributed by atoms with Crippen molar-refractivity contribution in [2.24, 2.45) is 0 Å². The second kappa shape index (κ2) is 8.14. The van der Waals surface area contributed by atoms with Gasteiger partial charge in [-0.15, -0.1) is 5.10 Å². The Morgan fingerprint density at radius 2 is 1.93 bits per heavy atom. The highest BCUT2D eigenvalue weighted by Gasteiger charge is 2.31. The summed E-state index contributed by atoms with van der Waals surface area (Å²) in [7, 11) is 0. The minimum absolute atomic E-state index is 0.0484. The highest BCUT2D eigenvalue weighted by Crippen LogP contribution is 2.45. The van der Waals surface area contributed by atoms with Crippen molar-refractivity contribution in [3.63, 3.8) is 0 Å². The standard InChI is InChI=1S/C23H21N3O3/c1-3-5-10-17-16(4-2)20(19-12-7-6-11-18(17)19)15-28-23(27)29-26-22-14-9-8-13-21(22)24-25-26/h3-14,20H,15H2,1-2H3/b5-3-,16-4+,17-10-. The SMILES string of the molecule is C\C=C/C=C1/C(=C\C)C(COC(=O)On2nnc3ccccc32)c2ccccc21. The highest BCUT2D eigenvalue weighted by molar-refractivity contribution is 5.88. The number of rotatable bonds is 4. The molecule has 0 saturated carbocycles. The zero-order valence-corrected chi connectivity index (χ0v) is 16.3. The number of nitrogens with zero attached hydrogens (tertiary/aromatic N) is 3. The summed E-state index contributed by atoms with van der Waals surface area (Å²) >= 11 is 0. The topological polar surface area (TPSA) is 66.2 Å². The van der Waals surface area contributed by atoms with Crippen LogP contribution in [0.2, 0.25) is 0 Å². The fraction of sp³-hybridized carbons (Fsp3) is 0.174. The van der Waals surface area contributed by atoms with Crippen molar-refractivity contribution in [1.82, 2.24) is 15.2 Å². The van der Waals surface area contributed by atoms with Crippen LogP contribution in [0.4, 0.5) is 4.79 Å². The molecule has 1 atom stereocenters. The molecule has 6 heteroatoms. The van der Waals surface area contributed by atoms with E-state index < -0.39 is 6.16 Å². The first kappa shape index (κ1) is 18.7. The van der Waals surface area contributed by atoms with E-state index in [0.717, 1.165) is 27.1 Å². The lowest BCUT2D eigenvalue weighted by Gasteiger charge is -2.14. The molecule has 4 rings (SSSR count). The Labute approximate surface area is 168 Å². The van der Waals surface area contributed by atoms with Crippen LogP contribution < -0.4 is 4.84 Å². The molecule has 0 amide bonds. The van der Waals surface area contributed by atoms with Gasteiger partial charge in [-0.2, -0.15) is 0 Å². The van der Waals surface area contributed by atoms with Crippen LogP contribution in [0.25, 0.3) is 16.6 Å². The molecule has 0 aliphatic heterocycles. The number of hydrogen-bond acceptors (Lipinski definition) is 5. The highest BCUT2D eigenvalue weighted by atomic mass is 16.8. The summed E-state index contributed by atoms with van der Waals surface area (Å²) < 4.78 is 5.45. The van der Waals surface area contributed by atoms with Gasteiger partial charge < -0.3 is 4.74 Å². The predicted octanol–water partition coefficient (Wildman–Crippen LogP) is 4.70. The zero-order chi connectivity index (χ0) is 20.2. The maximum atomic E-state index is 12.3. The van der Waals surface area contributed by atoms with Crippen molar-refractivity contribution in [3.8, 4) is 0 Å². The van der Waals surface area contributed by atoms with Gasteiger partial charge in [0.25, 0.3) is 0 Å². The summed E-state index contributed by atoms with van der Waals surface area (Å²) in [4.78, 5) is 18.6. The van der Waals surface area contributed by atoms with E-state index in [2.05, 4.69) is 34.6 Å². The predicted molar refractivity (Wildman–Crippen MR) is 111 cm³/mol. The minimum Gasteiger partial charge on any atom is -0.432 e. The summed E-state index contributed by atoms with van der Waals surface area (Å²) in [6.45, 7) is 4.16. The number of hydrogen-bond donors (Lipinski definition) is 0. The maximum absolute atomic E-state index is 12.3. The Bertz CT molecular complexity index is 1140. The average molecular weight is 387 g/mol. The van der Waals surface area contributed by atoms with Crippen LogP contribution in [-0.4, -0.2) is 27.9 Å². The third-order valence-electron chi connectivity index (χ3n) is 4.93. The van der Waals surface area contributed by atoms with Gasteiger partial charge in [-0.25, -0.2) is 4.79 Å². The minimum atomic E-state index is -0.820. The van der Waals surface area contributed by atoms with Crippen LogP contribution in [0.1, 0.15) is 30.9 Å². The number of fused-ring (bicyclic) bond motifs is 2. The van der Waals surface area contributed by atoms with Gasteiger partial charge in [-0.05, 0) is 53.5 Å². The molecule has 1 aliphatic rings. The molecule has 0 spiro atoms. The van der Waals surface area contributed by atoms with Crippen molar-refractivity contribution in [3.05, 3.63) is 89.5 Å². The van der Waals surface area contributed by atoms with E-state index >= 15 is 0 Å². The van der Waals surface area contributed by atoms with Gasteiger partial charge in [-0.3, -0.25) is 4.84 Å². The molecule has 1 aromatic heterocycles. The van der Waals surface area contributed by atoms with Crippen LogP contribution in [0.5, 0.6) is 0 Å². The van der Waals surface area contributed by atoms with E-state index in [4.69, 9.17) is 9.57 Å². The molecule has 29 heavy (non-hydrogen) atoms. The lowest BCUT2D eigenvalue weighted by atomic mass is 9.97. The van der Waals surface area contributed by atoms with Gasteiger partial charge in [0.05, 0.1) is 0 Å². The van der Waals surface area contributed by atoms with E-state index in [9.17, 15) is 4.79 Å². The number of allylic oxidation sites excluding steroid dienone is 5. The van der Waals surface area contributed by atoms with Gasteiger partial charge >= 0.3 is 6.16 Å². The lowest BCUT2D eigenvalue weighted by molar-refractivity contribution is 0.0379. The van der Waals surface area contributed by atoms with E-state index in [0.29, 0.717) is 11.0 Å². The Balaban J connectivity index is 1.52. The van der Waals surface area contributed by atoms with E-state index in [1.165, 1.54) is 0 Å². The third-order valence-corrected chi connectivity index (χ3v) is 4.93. The third kappa shape index (κ3) is 3.57. The largest absolute Gasteiger partial charge is 0.535 e. The smallest absolute Gasteiger partial charge is 0.432 e. The molecule has 0 bridgehead atoms. The summed E-state index contributed by atoms with van der Waals surface area (Å²) in [5, 5.41) is 7.80. The number of ether oxygens (including phenoxy) is 1. The molecular weight excluding hydrogens is 366 g/mol. The molecule has 0 radical (unpaired) electrons. The molecular formula is C23H21N3O3. The Morgan fingerprint density at radius 1 is 1.14 bits per heavy atom. The van der Waals surface area contributed by atoms with Gasteiger partial charge in [0.15, 0.2) is 0 Å². The molecule has 1 unspecified atom stereocenters. The molecule has 1 aliphatic carbocycles. The van der Waals surface area contributed by atoms with E-state index in [1.54, 1.807) is 12.1 Å². The van der Waals surface area contributed by atoms with Crippen LogP contribution in [0.15, 0.2) is 78.4 Å². The van der Waals surface area contributed by atoms with Gasteiger partial charge in [0.2, 0.25) is 0 Å². The van der Waals surface area contributed by atoms with Crippen molar-refractivity contribution in [2.45, 2.75) is 19.8 Å². The molecule has 0 N–H and O–H groups in total. The van der Waals surface area contributed by atoms with E-state index in [-0.39, 0.29) is 12.5 Å². The molecule has 3 aromatic rings. The van der Waals surface area contributed by atoms with Crippen molar-refractivity contribution < 1.29 is 14.4 Å². The number of para-hydroxylation sites is 1. The fourth-order valence-corrected chi connectivity index (χ4v) is 3.63. The molecule has 0 fully saturated rings. The second-order valence-corrected chi connectivity index (χ2v) is 6.59. The molecule has 6 nitrogen and oxygen atoms in total. The summed E-state index contributed by atoms with van der Waals surface area (Å²) in [5.41, 5.74) is 5.80. The quantitative estimate of drug-likeness (QED) is 0.480. The monoisotopic (exact) mass is 387 g/mol. The summed E-state index contributed by atoms with van der Waals surface area (Å²) in [5.74, 6) is -0.0484. The average Bonchev–Trinajstić information content (AvgIpc) is 3.29. The van der Waals surface area contributed by atoms with Crippen LogP contribution in [0.3, 0.4) is 0 Å². The number of carbonyl (C=O) groups excluding carboxylic acids is 1. The second-order valence-electron chi connectivity index (χ2n) is 6.59. The van der Waals surface area contributed by atoms with Gasteiger partial charge in [0.1, 0.15) is 17.6 Å². The van der Waals surface area contributed by atoms with E-state index in [1.807, 2.05) is 50.3 Å². The summed E-state index contributed by atoms with van der Waals surface area (Å²) in [6, 6.07) is 15.4. The van der Waals surface area contributed by atoms with Gasteiger partial charge in [0, 0.05) is 5.92 Å². The van der Waals surface area contributed by atoms with Gasteiger partial charge in [-0.1, -0.05) is 65.5 Å². The summed E-state index contributed by atoms with van der Waals surface area (Å²) in [6.07, 6.45) is 7.35. The molecule has 1 heterocycles. The Morgan fingerprint density at radius 3 is 2.76 bits per heavy atom. The van der Waals surface area contributed by atoms with Crippen molar-refractivity contribution in [2.75, 3.05) is 6.61 Å². The number of benzene rings is 2. The Kier molecular flexibility index (Phi) is 5.24. The van der Waals surface area contributed by atoms with Crippen LogP contribution >= 0.6 is 0 Å². The normalized spacial score (nSPS) is 18.6. The Hall–Kier alpha value is -3.67. The van der Waals surface area contributed by atoms with Crippen LogP contribution in [-0.2, 0) is 4.74 Å². The zero-order valence-electron chi connectivity index (χ0n) is 16.3. The van der Waals surface area contributed by atoms with Crippen molar-refractivity contribution in [1.29, 1.82) is 0 Å². The first-order valence-electron chi connectivity index (χ1n) is 9.47. The van der Waals surface area contributed by atoms with Crippen molar-refractivity contribution >= 4 is 22.8 Å². The molecule has 146 valence electrons. The maximum Gasteiger partial charge on any atom is 0.535 e. The first-order valence-corrected chi connectivity index (χ1v) is 9.47. The number of aromatic nitrogens is 3. The number of carbonyl (C=O) groups is 1. The first-order chi connectivity index (χ1) is 14.2.